The van der Waals surface area contributed by atoms with Gasteiger partial charge in [0.2, 0.25) is 17.7 Å². The number of unbranched alkanes of at least 4 members (excludes halogenated alkanes) is 2. The molecule has 0 aliphatic heterocycles. The number of hydrogen-bond donors (Lipinski definition) is 0. The fourth-order valence-electron chi connectivity index (χ4n) is 3.80. The van der Waals surface area contributed by atoms with Gasteiger partial charge in [0.25, 0.3) is 0 Å². The second kappa shape index (κ2) is 10.7. The fraction of sp³-hybridized carbons (Fsp3) is 0.542. The Bertz CT molecular complexity index is 890. The van der Waals surface area contributed by atoms with Crippen molar-refractivity contribution in [1.82, 2.24) is 10.1 Å². The minimum Gasteiger partial charge on any atom is -0.497 e. The zero-order valence-electron chi connectivity index (χ0n) is 18.6. The molecule has 0 unspecified atom stereocenters. The number of benzene rings is 1. The number of ether oxygens (including phenoxy) is 1. The van der Waals surface area contributed by atoms with Crippen LogP contribution in [-0.2, 0) is 11.2 Å². The second-order valence-electron chi connectivity index (χ2n) is 8.28. The molecule has 0 saturated heterocycles. The van der Waals surface area contributed by atoms with Crippen molar-refractivity contribution >= 4 is 11.6 Å². The zero-order valence-corrected chi connectivity index (χ0v) is 18.6. The first-order chi connectivity index (χ1) is 15.4. The molecule has 2 aromatic rings. The van der Waals surface area contributed by atoms with Crippen molar-refractivity contribution in [3.63, 3.8) is 0 Å². The quantitative estimate of drug-likeness (QED) is 0.353. The van der Waals surface area contributed by atoms with Gasteiger partial charge in [-0.15, -0.1) is 13.2 Å². The molecule has 8 heteroatoms. The van der Waals surface area contributed by atoms with Gasteiger partial charge in [0.15, 0.2) is 5.82 Å². The van der Waals surface area contributed by atoms with Crippen molar-refractivity contribution in [2.75, 3.05) is 18.6 Å². The van der Waals surface area contributed by atoms with Crippen LogP contribution in [0, 0.1) is 5.92 Å². The second-order valence-corrected chi connectivity index (χ2v) is 8.28. The highest BCUT2D eigenvalue weighted by atomic mass is 19.3. The predicted octanol–water partition coefficient (Wildman–Crippen LogP) is 5.55. The predicted molar refractivity (Wildman–Crippen MR) is 118 cm³/mol. The minimum absolute atomic E-state index is 0.236. The van der Waals surface area contributed by atoms with Crippen molar-refractivity contribution in [3.8, 4) is 5.75 Å². The first kappa shape index (κ1) is 23.9. The summed E-state index contributed by atoms with van der Waals surface area (Å²) in [5, 5.41) is 4.02. The van der Waals surface area contributed by atoms with E-state index in [9.17, 15) is 13.6 Å². The van der Waals surface area contributed by atoms with E-state index in [-0.39, 0.29) is 18.7 Å². The van der Waals surface area contributed by atoms with Gasteiger partial charge in [-0.3, -0.25) is 4.79 Å². The summed E-state index contributed by atoms with van der Waals surface area (Å²) >= 11 is 0. The molecule has 1 aromatic heterocycles. The van der Waals surface area contributed by atoms with Crippen LogP contribution in [-0.4, -0.2) is 35.6 Å². The van der Waals surface area contributed by atoms with E-state index in [1.807, 2.05) is 6.07 Å². The van der Waals surface area contributed by atoms with Gasteiger partial charge in [-0.1, -0.05) is 17.6 Å². The summed E-state index contributed by atoms with van der Waals surface area (Å²) < 4.78 is 37.1. The lowest BCUT2D eigenvalue weighted by atomic mass is 9.80. The molecule has 1 heterocycles. The number of nitrogens with zero attached hydrogens (tertiary/aromatic N) is 3. The van der Waals surface area contributed by atoms with E-state index in [1.165, 1.54) is 0 Å². The zero-order chi connectivity index (χ0) is 23.1. The van der Waals surface area contributed by atoms with Gasteiger partial charge in [0.05, 0.1) is 7.11 Å². The van der Waals surface area contributed by atoms with E-state index < -0.39 is 11.8 Å². The maximum atomic E-state index is 13.3. The van der Waals surface area contributed by atoms with Crippen molar-refractivity contribution < 1.29 is 22.8 Å². The number of hydrogen-bond acceptors (Lipinski definition) is 5. The maximum Gasteiger partial charge on any atom is 0.249 e. The highest BCUT2D eigenvalue weighted by molar-refractivity contribution is 5.95. The molecule has 174 valence electrons. The molecule has 0 radical (unpaired) electrons. The molecule has 32 heavy (non-hydrogen) atoms. The highest BCUT2D eigenvalue weighted by Crippen LogP contribution is 2.44. The number of methoxy groups -OCH3 is 1. The van der Waals surface area contributed by atoms with Gasteiger partial charge in [-0.25, -0.2) is 8.78 Å². The largest absolute Gasteiger partial charge is 0.497 e. The fourth-order valence-corrected chi connectivity index (χ4v) is 3.80. The van der Waals surface area contributed by atoms with Crippen LogP contribution in [0.5, 0.6) is 5.75 Å². The lowest BCUT2D eigenvalue weighted by molar-refractivity contribution is -0.147. The van der Waals surface area contributed by atoms with Crippen LogP contribution >= 0.6 is 0 Å². The molecule has 2 aliphatic carbocycles. The normalized spacial score (nSPS) is 17.1. The Kier molecular flexibility index (Phi) is 7.99. The van der Waals surface area contributed by atoms with Crippen LogP contribution in [0.2, 0.25) is 0 Å². The Morgan fingerprint density at radius 1 is 1.25 bits per heavy atom. The third-order valence-electron chi connectivity index (χ3n) is 5.77. The Labute approximate surface area is 187 Å². The molecule has 0 spiro atoms. The third-order valence-corrected chi connectivity index (χ3v) is 5.77. The van der Waals surface area contributed by atoms with Gasteiger partial charge in [0.1, 0.15) is 5.75 Å². The number of aromatic nitrogens is 2. The molecular formula is C24H31F2N3O3. The average Bonchev–Trinajstić information content (AvgIpc) is 3.53. The summed E-state index contributed by atoms with van der Waals surface area (Å²) in [6.45, 7) is 6.48. The third kappa shape index (κ3) is 6.14. The maximum absolute atomic E-state index is 13.3. The van der Waals surface area contributed by atoms with Crippen LogP contribution in [0.1, 0.15) is 62.6 Å². The van der Waals surface area contributed by atoms with Gasteiger partial charge in [-0.05, 0) is 37.8 Å². The Morgan fingerprint density at radius 2 is 2.00 bits per heavy atom. The first-order valence-electron chi connectivity index (χ1n) is 11.1. The first-order valence-corrected chi connectivity index (χ1v) is 11.1. The van der Waals surface area contributed by atoms with Crippen LogP contribution in [0.3, 0.4) is 0 Å². The average molecular weight is 448 g/mol. The number of halogens is 2. The van der Waals surface area contributed by atoms with Gasteiger partial charge >= 0.3 is 0 Å². The SMILES string of the molecule is C=C.COc1cccc(N(CCCCCc2nc(C3CC3)no2)C(=O)C2CC(F)(F)C2)c1. The molecule has 6 nitrogen and oxygen atoms in total. The van der Waals surface area contributed by atoms with Gasteiger partial charge < -0.3 is 14.2 Å². The van der Waals surface area contributed by atoms with Gasteiger partial charge in [0, 0.05) is 49.4 Å². The summed E-state index contributed by atoms with van der Waals surface area (Å²) in [6, 6.07) is 7.18. The standard InChI is InChI=1S/C22H27F2N3O3.C2H4/c1-29-18-7-5-6-17(12-18)27(21(28)16-13-22(23,24)14-16)11-4-2-3-8-19-25-20(26-30-19)15-9-10-15;1-2/h5-7,12,15-16H,2-4,8-11,13-14H2,1H3;1-2H2. The Morgan fingerprint density at radius 3 is 2.66 bits per heavy atom. The Balaban J connectivity index is 0.00000141. The highest BCUT2D eigenvalue weighted by Gasteiger charge is 2.49. The monoisotopic (exact) mass is 447 g/mol. The van der Waals surface area contributed by atoms with E-state index in [0.717, 1.165) is 37.9 Å². The van der Waals surface area contributed by atoms with Crippen LogP contribution in [0.4, 0.5) is 14.5 Å². The summed E-state index contributed by atoms with van der Waals surface area (Å²) in [5.41, 5.74) is 0.681. The summed E-state index contributed by atoms with van der Waals surface area (Å²) in [4.78, 5) is 18.9. The summed E-state index contributed by atoms with van der Waals surface area (Å²) in [6.07, 6.45) is 4.75. The molecule has 0 atom stereocenters. The van der Waals surface area contributed by atoms with Crippen molar-refractivity contribution in [3.05, 3.63) is 49.1 Å². The van der Waals surface area contributed by atoms with E-state index in [4.69, 9.17) is 9.26 Å². The number of carbonyl (C=O) groups excluding carboxylic acids is 1. The molecule has 2 aliphatic rings. The molecule has 1 amide bonds. The number of anilines is 1. The molecule has 4 rings (SSSR count). The Hall–Kier alpha value is -2.77. The van der Waals surface area contributed by atoms with E-state index in [2.05, 4.69) is 23.3 Å². The lowest BCUT2D eigenvalue weighted by Gasteiger charge is -2.37. The molecule has 0 N–H and O–H groups in total. The van der Waals surface area contributed by atoms with E-state index in [1.54, 1.807) is 30.2 Å². The molecule has 1 aromatic carbocycles. The number of carbonyl (C=O) groups is 1. The van der Waals surface area contributed by atoms with E-state index >= 15 is 0 Å². The summed E-state index contributed by atoms with van der Waals surface area (Å²) in [7, 11) is 1.56. The van der Waals surface area contributed by atoms with Crippen molar-refractivity contribution in [1.29, 1.82) is 0 Å². The van der Waals surface area contributed by atoms with Crippen LogP contribution in [0.25, 0.3) is 0 Å². The number of amides is 1. The van der Waals surface area contributed by atoms with Crippen LogP contribution in [0.15, 0.2) is 41.9 Å². The smallest absolute Gasteiger partial charge is 0.249 e. The minimum atomic E-state index is -2.72. The molecule has 2 fully saturated rings. The summed E-state index contributed by atoms with van der Waals surface area (Å²) in [5.74, 6) is -0.989. The van der Waals surface area contributed by atoms with Gasteiger partial charge in [-0.2, -0.15) is 4.98 Å². The molecule has 0 bridgehead atoms. The molecule has 2 saturated carbocycles. The van der Waals surface area contributed by atoms with Crippen molar-refractivity contribution in [2.24, 2.45) is 5.92 Å². The number of alkyl halides is 2. The number of rotatable bonds is 10. The topological polar surface area (TPSA) is 68.5 Å². The van der Waals surface area contributed by atoms with Crippen LogP contribution < -0.4 is 9.64 Å². The number of aryl methyl sites for hydroxylation is 1. The molecular weight excluding hydrogens is 416 g/mol. The lowest BCUT2D eigenvalue weighted by Crippen LogP contribution is -2.47. The van der Waals surface area contributed by atoms with E-state index in [0.29, 0.717) is 36.2 Å². The van der Waals surface area contributed by atoms with Crippen molar-refractivity contribution in [2.45, 2.75) is 63.2 Å².